The van der Waals surface area contributed by atoms with E-state index in [2.05, 4.69) is 29.1 Å². The molecule has 0 rings (SSSR count). The molecule has 0 aromatic heterocycles. The van der Waals surface area contributed by atoms with Crippen molar-refractivity contribution in [2.45, 2.75) is 13.8 Å². The number of allylic oxidation sites excluding steroid dienone is 6. The third-order valence-corrected chi connectivity index (χ3v) is 1.40. The summed E-state index contributed by atoms with van der Waals surface area (Å²) in [4.78, 5) is 0. The Bertz CT molecular complexity index is 219. The molecule has 0 aromatic rings. The topological polar surface area (TPSA) is 0 Å². The van der Waals surface area contributed by atoms with Gasteiger partial charge in [0.15, 0.2) is 0 Å². The highest BCUT2D eigenvalue weighted by Crippen LogP contribution is 2.10. The SMILES string of the molecule is C=C(C)C=CC(Br)=CC(=C)C. The largest absolute Gasteiger partial charge is 0.0961 e. The van der Waals surface area contributed by atoms with Crippen molar-refractivity contribution >= 4 is 15.9 Å². The molecule has 0 aromatic carbocycles. The maximum atomic E-state index is 3.76. The molecular formula is C10H13Br. The van der Waals surface area contributed by atoms with Crippen LogP contribution >= 0.6 is 15.9 Å². The molecule has 0 aliphatic heterocycles. The number of hydrogen-bond acceptors (Lipinski definition) is 0. The number of halogens is 1. The Labute approximate surface area is 77.1 Å². The molecular weight excluding hydrogens is 200 g/mol. The second-order valence-electron chi connectivity index (χ2n) is 2.56. The smallest absolute Gasteiger partial charge is 0.0177 e. The summed E-state index contributed by atoms with van der Waals surface area (Å²) in [6, 6.07) is 0. The van der Waals surface area contributed by atoms with Crippen molar-refractivity contribution in [3.63, 3.8) is 0 Å². The maximum absolute atomic E-state index is 3.76. The molecule has 1 heteroatoms. The monoisotopic (exact) mass is 212 g/mol. The Morgan fingerprint density at radius 3 is 2.00 bits per heavy atom. The molecule has 0 nitrogen and oxygen atoms in total. The molecule has 0 spiro atoms. The summed E-state index contributed by atoms with van der Waals surface area (Å²) < 4.78 is 1.02. The van der Waals surface area contributed by atoms with E-state index in [0.29, 0.717) is 0 Å². The summed E-state index contributed by atoms with van der Waals surface area (Å²) in [6.07, 6.45) is 5.86. The van der Waals surface area contributed by atoms with Crippen molar-refractivity contribution in [2.24, 2.45) is 0 Å². The van der Waals surface area contributed by atoms with Crippen LogP contribution in [-0.4, -0.2) is 0 Å². The van der Waals surface area contributed by atoms with Gasteiger partial charge in [-0.1, -0.05) is 46.3 Å². The minimum atomic E-state index is 1.02. The summed E-state index contributed by atoms with van der Waals surface area (Å²) in [5, 5.41) is 0. The highest BCUT2D eigenvalue weighted by atomic mass is 79.9. The first-order valence-electron chi connectivity index (χ1n) is 3.38. The van der Waals surface area contributed by atoms with Crippen LogP contribution in [0.1, 0.15) is 13.8 Å². The third-order valence-electron chi connectivity index (χ3n) is 0.911. The number of rotatable bonds is 3. The zero-order valence-corrected chi connectivity index (χ0v) is 8.61. The average Bonchev–Trinajstić information content (AvgIpc) is 1.82. The lowest BCUT2D eigenvalue weighted by atomic mass is 10.3. The molecule has 0 saturated carbocycles. The summed E-state index contributed by atoms with van der Waals surface area (Å²) >= 11 is 3.38. The van der Waals surface area contributed by atoms with Crippen molar-refractivity contribution in [2.75, 3.05) is 0 Å². The van der Waals surface area contributed by atoms with E-state index < -0.39 is 0 Å². The molecule has 0 atom stereocenters. The van der Waals surface area contributed by atoms with Gasteiger partial charge in [0.25, 0.3) is 0 Å². The van der Waals surface area contributed by atoms with E-state index in [4.69, 9.17) is 0 Å². The molecule has 11 heavy (non-hydrogen) atoms. The van der Waals surface area contributed by atoms with Gasteiger partial charge in [0.05, 0.1) is 0 Å². The zero-order chi connectivity index (χ0) is 8.85. The second kappa shape index (κ2) is 5.14. The van der Waals surface area contributed by atoms with E-state index in [1.165, 1.54) is 0 Å². The van der Waals surface area contributed by atoms with Crippen LogP contribution in [-0.2, 0) is 0 Å². The van der Waals surface area contributed by atoms with Gasteiger partial charge in [-0.25, -0.2) is 0 Å². The Balaban J connectivity index is 4.17. The van der Waals surface area contributed by atoms with Gasteiger partial charge in [0.1, 0.15) is 0 Å². The Morgan fingerprint density at radius 1 is 1.09 bits per heavy atom. The van der Waals surface area contributed by atoms with Gasteiger partial charge < -0.3 is 0 Å². The summed E-state index contributed by atoms with van der Waals surface area (Å²) in [6.45, 7) is 11.4. The van der Waals surface area contributed by atoms with Gasteiger partial charge in [0, 0.05) is 4.48 Å². The fourth-order valence-corrected chi connectivity index (χ4v) is 1.03. The van der Waals surface area contributed by atoms with Crippen molar-refractivity contribution < 1.29 is 0 Å². The Hall–Kier alpha value is -0.560. The Kier molecular flexibility index (Phi) is 4.88. The molecule has 60 valence electrons. The first-order valence-corrected chi connectivity index (χ1v) is 4.18. The predicted molar refractivity (Wildman–Crippen MR) is 55.8 cm³/mol. The first kappa shape index (κ1) is 10.4. The van der Waals surface area contributed by atoms with Crippen molar-refractivity contribution in [1.82, 2.24) is 0 Å². The molecule has 0 aliphatic carbocycles. The molecule has 0 saturated heterocycles. The van der Waals surface area contributed by atoms with Crippen LogP contribution in [0.4, 0.5) is 0 Å². The standard InChI is InChI=1S/C10H13Br/c1-8(2)5-6-10(11)7-9(3)4/h5-7H,1,3H2,2,4H3. The molecule has 0 heterocycles. The van der Waals surface area contributed by atoms with Crippen LogP contribution in [0.3, 0.4) is 0 Å². The van der Waals surface area contributed by atoms with E-state index in [9.17, 15) is 0 Å². The molecule has 0 amide bonds. The highest BCUT2D eigenvalue weighted by Gasteiger charge is 1.83. The lowest BCUT2D eigenvalue weighted by molar-refractivity contribution is 1.53. The van der Waals surface area contributed by atoms with Gasteiger partial charge in [-0.05, 0) is 26.0 Å². The Morgan fingerprint density at radius 2 is 1.64 bits per heavy atom. The molecule has 0 fully saturated rings. The van der Waals surface area contributed by atoms with Crippen LogP contribution in [0.5, 0.6) is 0 Å². The quantitative estimate of drug-likeness (QED) is 0.622. The van der Waals surface area contributed by atoms with Crippen molar-refractivity contribution in [1.29, 1.82) is 0 Å². The van der Waals surface area contributed by atoms with Gasteiger partial charge in [-0.15, -0.1) is 0 Å². The van der Waals surface area contributed by atoms with Gasteiger partial charge >= 0.3 is 0 Å². The van der Waals surface area contributed by atoms with Crippen LogP contribution in [0.15, 0.2) is 47.0 Å². The highest BCUT2D eigenvalue weighted by molar-refractivity contribution is 9.11. The molecule has 0 unspecified atom stereocenters. The normalized spacial score (nSPS) is 12.1. The fraction of sp³-hybridized carbons (Fsp3) is 0.200. The van der Waals surface area contributed by atoms with Crippen LogP contribution in [0, 0.1) is 0 Å². The van der Waals surface area contributed by atoms with Crippen LogP contribution in [0.25, 0.3) is 0 Å². The zero-order valence-electron chi connectivity index (χ0n) is 7.02. The third kappa shape index (κ3) is 7.34. The van der Waals surface area contributed by atoms with E-state index in [-0.39, 0.29) is 0 Å². The maximum Gasteiger partial charge on any atom is 0.0177 e. The van der Waals surface area contributed by atoms with Crippen molar-refractivity contribution in [3.8, 4) is 0 Å². The molecule has 0 N–H and O–H groups in total. The van der Waals surface area contributed by atoms with E-state index >= 15 is 0 Å². The van der Waals surface area contributed by atoms with Crippen molar-refractivity contribution in [3.05, 3.63) is 47.0 Å². The minimum absolute atomic E-state index is 1.02. The van der Waals surface area contributed by atoms with Gasteiger partial charge in [-0.2, -0.15) is 0 Å². The average molecular weight is 213 g/mol. The second-order valence-corrected chi connectivity index (χ2v) is 3.47. The molecule has 0 bridgehead atoms. The summed E-state index contributed by atoms with van der Waals surface area (Å²) in [5.74, 6) is 0. The predicted octanol–water partition coefficient (Wildman–Crippen LogP) is 3.97. The lowest BCUT2D eigenvalue weighted by Gasteiger charge is -1.89. The van der Waals surface area contributed by atoms with Crippen LogP contribution < -0.4 is 0 Å². The number of hydrogen-bond donors (Lipinski definition) is 0. The lowest BCUT2D eigenvalue weighted by Crippen LogP contribution is -1.67. The molecule has 0 aliphatic rings. The molecule has 0 radical (unpaired) electrons. The van der Waals surface area contributed by atoms with E-state index in [0.717, 1.165) is 15.6 Å². The first-order chi connectivity index (χ1) is 5.02. The van der Waals surface area contributed by atoms with Crippen LogP contribution in [0.2, 0.25) is 0 Å². The van der Waals surface area contributed by atoms with Gasteiger partial charge in [0.2, 0.25) is 0 Å². The summed E-state index contributed by atoms with van der Waals surface area (Å²) in [7, 11) is 0. The summed E-state index contributed by atoms with van der Waals surface area (Å²) in [5.41, 5.74) is 2.07. The van der Waals surface area contributed by atoms with E-state index in [1.54, 1.807) is 0 Å². The fourth-order valence-electron chi connectivity index (χ4n) is 0.505. The van der Waals surface area contributed by atoms with E-state index in [1.807, 2.05) is 32.1 Å². The van der Waals surface area contributed by atoms with Gasteiger partial charge in [-0.3, -0.25) is 0 Å². The minimum Gasteiger partial charge on any atom is -0.0961 e.